The van der Waals surface area contributed by atoms with Crippen molar-refractivity contribution in [3.63, 3.8) is 0 Å². The van der Waals surface area contributed by atoms with E-state index < -0.39 is 0 Å². The molecule has 4 rings (SSSR count). The highest BCUT2D eigenvalue weighted by Crippen LogP contribution is 2.31. The number of ether oxygens (including phenoxy) is 2. The van der Waals surface area contributed by atoms with E-state index in [2.05, 4.69) is 5.32 Å². The fourth-order valence-electron chi connectivity index (χ4n) is 3.43. The van der Waals surface area contributed by atoms with E-state index >= 15 is 0 Å². The molecule has 0 bridgehead atoms. The number of carbonyl (C=O) groups excluding carboxylic acids is 2. The molecule has 0 radical (unpaired) electrons. The standard InChI is InChI=1S/C21H22N2O4S/c1-28-17-6-4-5-15(10-17)23-12-14(9-20(23)24)21(25)22-11-16-13-26-18-7-2-3-8-19(18)27-16/h2-8,10,14,16H,9,11-13H2,1H3,(H,22,25)/t14-,16+/m1/s1. The Labute approximate surface area is 168 Å². The van der Waals surface area contributed by atoms with Gasteiger partial charge in [0.05, 0.1) is 12.5 Å². The van der Waals surface area contributed by atoms with Crippen molar-refractivity contribution >= 4 is 29.3 Å². The summed E-state index contributed by atoms with van der Waals surface area (Å²) in [6, 6.07) is 15.3. The quantitative estimate of drug-likeness (QED) is 0.785. The molecule has 2 atom stereocenters. The second kappa shape index (κ2) is 8.14. The zero-order valence-electron chi connectivity index (χ0n) is 15.6. The average molecular weight is 398 g/mol. The Morgan fingerprint density at radius 3 is 2.86 bits per heavy atom. The predicted molar refractivity (Wildman–Crippen MR) is 108 cm³/mol. The normalized spacial score (nSPS) is 20.9. The number of nitrogens with one attached hydrogen (secondary N) is 1. The maximum absolute atomic E-state index is 12.6. The molecule has 0 spiro atoms. The third-order valence-corrected chi connectivity index (χ3v) is 5.66. The first-order valence-electron chi connectivity index (χ1n) is 9.24. The van der Waals surface area contributed by atoms with Gasteiger partial charge in [-0.1, -0.05) is 18.2 Å². The third-order valence-electron chi connectivity index (χ3n) is 4.93. The van der Waals surface area contributed by atoms with Crippen LogP contribution in [0.4, 0.5) is 5.69 Å². The summed E-state index contributed by atoms with van der Waals surface area (Å²) in [5.74, 6) is 0.893. The van der Waals surface area contributed by atoms with Crippen molar-refractivity contribution < 1.29 is 19.1 Å². The lowest BCUT2D eigenvalue weighted by Crippen LogP contribution is -2.43. The number of rotatable bonds is 5. The Hall–Kier alpha value is -2.67. The Morgan fingerprint density at radius 1 is 1.21 bits per heavy atom. The van der Waals surface area contributed by atoms with E-state index in [1.807, 2.05) is 54.8 Å². The highest BCUT2D eigenvalue weighted by Gasteiger charge is 2.35. The lowest BCUT2D eigenvalue weighted by Gasteiger charge is -2.26. The number of benzene rings is 2. The van der Waals surface area contributed by atoms with Gasteiger partial charge < -0.3 is 19.7 Å². The first kappa shape index (κ1) is 18.7. The number of carbonyl (C=O) groups is 2. The van der Waals surface area contributed by atoms with Gasteiger partial charge in [0.25, 0.3) is 0 Å². The molecule has 2 aromatic rings. The highest BCUT2D eigenvalue weighted by atomic mass is 32.2. The molecule has 0 aliphatic carbocycles. The van der Waals surface area contributed by atoms with Crippen LogP contribution in [0.25, 0.3) is 0 Å². The number of thioether (sulfide) groups is 1. The van der Waals surface area contributed by atoms with Crippen LogP contribution in [0.5, 0.6) is 11.5 Å². The summed E-state index contributed by atoms with van der Waals surface area (Å²) in [6.07, 6.45) is 1.97. The van der Waals surface area contributed by atoms with Crippen molar-refractivity contribution in [2.75, 3.05) is 30.9 Å². The van der Waals surface area contributed by atoms with Gasteiger partial charge in [0.2, 0.25) is 11.8 Å². The minimum absolute atomic E-state index is 0.0235. The summed E-state index contributed by atoms with van der Waals surface area (Å²) < 4.78 is 11.5. The van der Waals surface area contributed by atoms with Crippen LogP contribution in [-0.2, 0) is 9.59 Å². The van der Waals surface area contributed by atoms with E-state index in [-0.39, 0.29) is 30.3 Å². The lowest BCUT2D eigenvalue weighted by molar-refractivity contribution is -0.126. The largest absolute Gasteiger partial charge is 0.486 e. The summed E-state index contributed by atoms with van der Waals surface area (Å²) in [6.45, 7) is 1.13. The zero-order chi connectivity index (χ0) is 19.5. The molecule has 6 nitrogen and oxygen atoms in total. The van der Waals surface area contributed by atoms with Gasteiger partial charge >= 0.3 is 0 Å². The molecule has 146 valence electrons. The highest BCUT2D eigenvalue weighted by molar-refractivity contribution is 7.98. The van der Waals surface area contributed by atoms with Crippen LogP contribution in [0, 0.1) is 5.92 Å². The van der Waals surface area contributed by atoms with E-state index in [1.54, 1.807) is 16.7 Å². The molecule has 1 N–H and O–H groups in total. The van der Waals surface area contributed by atoms with Gasteiger partial charge in [-0.05, 0) is 36.6 Å². The molecule has 0 unspecified atom stereocenters. The summed E-state index contributed by atoms with van der Waals surface area (Å²) in [7, 11) is 0. The van der Waals surface area contributed by atoms with Crippen LogP contribution in [0.15, 0.2) is 53.4 Å². The Kier molecular flexibility index (Phi) is 5.43. The molecule has 28 heavy (non-hydrogen) atoms. The van der Waals surface area contributed by atoms with Gasteiger partial charge in [-0.3, -0.25) is 9.59 Å². The predicted octanol–water partition coefficient (Wildman–Crippen LogP) is 2.72. The van der Waals surface area contributed by atoms with Crippen molar-refractivity contribution in [1.29, 1.82) is 0 Å². The van der Waals surface area contributed by atoms with E-state index in [0.717, 1.165) is 16.3 Å². The molecule has 2 amide bonds. The van der Waals surface area contributed by atoms with Crippen molar-refractivity contribution in [2.24, 2.45) is 5.92 Å². The number of amides is 2. The van der Waals surface area contributed by atoms with E-state index in [1.165, 1.54) is 0 Å². The van der Waals surface area contributed by atoms with E-state index in [4.69, 9.17) is 9.47 Å². The molecule has 0 saturated carbocycles. The lowest BCUT2D eigenvalue weighted by atomic mass is 10.1. The average Bonchev–Trinajstić information content (AvgIpc) is 3.13. The van der Waals surface area contributed by atoms with Gasteiger partial charge in [-0.15, -0.1) is 11.8 Å². The maximum Gasteiger partial charge on any atom is 0.227 e. The fourth-order valence-corrected chi connectivity index (χ4v) is 3.89. The van der Waals surface area contributed by atoms with Crippen LogP contribution >= 0.6 is 11.8 Å². The molecule has 1 fully saturated rings. The number of para-hydroxylation sites is 2. The van der Waals surface area contributed by atoms with Gasteiger partial charge in [0.15, 0.2) is 11.5 Å². The fraction of sp³-hybridized carbons (Fsp3) is 0.333. The Morgan fingerprint density at radius 2 is 2.04 bits per heavy atom. The van der Waals surface area contributed by atoms with Gasteiger partial charge in [-0.25, -0.2) is 0 Å². The van der Waals surface area contributed by atoms with Crippen molar-refractivity contribution in [3.05, 3.63) is 48.5 Å². The molecule has 2 aliphatic rings. The number of nitrogens with zero attached hydrogens (tertiary/aromatic N) is 1. The topological polar surface area (TPSA) is 67.9 Å². The molecule has 7 heteroatoms. The number of fused-ring (bicyclic) bond motifs is 1. The first-order valence-corrected chi connectivity index (χ1v) is 10.5. The Balaban J connectivity index is 1.33. The SMILES string of the molecule is CSc1cccc(N2C[C@H](C(=O)NC[C@H]3COc4ccccc4O3)CC2=O)c1. The molecule has 2 aromatic carbocycles. The number of hydrogen-bond acceptors (Lipinski definition) is 5. The van der Waals surface area contributed by atoms with Crippen molar-refractivity contribution in [3.8, 4) is 11.5 Å². The minimum atomic E-state index is -0.359. The van der Waals surface area contributed by atoms with Crippen LogP contribution in [0.1, 0.15) is 6.42 Å². The van der Waals surface area contributed by atoms with Gasteiger partial charge in [0.1, 0.15) is 12.7 Å². The van der Waals surface area contributed by atoms with Crippen molar-refractivity contribution in [1.82, 2.24) is 5.32 Å². The maximum atomic E-state index is 12.6. The molecular formula is C21H22N2O4S. The molecule has 2 aliphatic heterocycles. The molecule has 2 heterocycles. The molecule has 0 aromatic heterocycles. The summed E-state index contributed by atoms with van der Waals surface area (Å²) >= 11 is 1.63. The second-order valence-electron chi connectivity index (χ2n) is 6.85. The van der Waals surface area contributed by atoms with Gasteiger partial charge in [0, 0.05) is 23.5 Å². The first-order chi connectivity index (χ1) is 13.6. The Bertz CT molecular complexity index is 888. The molecular weight excluding hydrogens is 376 g/mol. The minimum Gasteiger partial charge on any atom is -0.486 e. The summed E-state index contributed by atoms with van der Waals surface area (Å²) in [4.78, 5) is 27.8. The number of anilines is 1. The molecule has 1 saturated heterocycles. The summed E-state index contributed by atoms with van der Waals surface area (Å²) in [5, 5.41) is 2.91. The second-order valence-corrected chi connectivity index (χ2v) is 7.73. The van der Waals surface area contributed by atoms with Crippen LogP contribution in [0.3, 0.4) is 0 Å². The van der Waals surface area contributed by atoms with Crippen molar-refractivity contribution in [2.45, 2.75) is 17.4 Å². The van der Waals surface area contributed by atoms with E-state index in [0.29, 0.717) is 25.4 Å². The smallest absolute Gasteiger partial charge is 0.227 e. The number of hydrogen-bond donors (Lipinski definition) is 1. The van der Waals surface area contributed by atoms with Gasteiger partial charge in [-0.2, -0.15) is 0 Å². The third kappa shape index (κ3) is 3.94. The van der Waals surface area contributed by atoms with Crippen LogP contribution in [0.2, 0.25) is 0 Å². The monoisotopic (exact) mass is 398 g/mol. The van der Waals surface area contributed by atoms with Crippen LogP contribution < -0.4 is 19.7 Å². The van der Waals surface area contributed by atoms with E-state index in [9.17, 15) is 9.59 Å². The zero-order valence-corrected chi connectivity index (χ0v) is 16.4. The summed E-state index contributed by atoms with van der Waals surface area (Å²) in [5.41, 5.74) is 0.841. The van der Waals surface area contributed by atoms with Crippen LogP contribution in [-0.4, -0.2) is 43.9 Å².